The van der Waals surface area contributed by atoms with Gasteiger partial charge in [0.05, 0.1) is 30.6 Å². The molecule has 4 rings (SSSR count). The van der Waals surface area contributed by atoms with E-state index in [4.69, 9.17) is 21.1 Å². The summed E-state index contributed by atoms with van der Waals surface area (Å²) in [7, 11) is 2.95. The van der Waals surface area contributed by atoms with Gasteiger partial charge in [-0.3, -0.25) is 19.4 Å². The molecule has 0 aromatic heterocycles. The molecule has 1 fully saturated rings. The van der Waals surface area contributed by atoms with Crippen LogP contribution in [0.15, 0.2) is 46.7 Å². The van der Waals surface area contributed by atoms with E-state index < -0.39 is 35.6 Å². The van der Waals surface area contributed by atoms with Crippen LogP contribution in [-0.2, 0) is 14.4 Å². The van der Waals surface area contributed by atoms with Gasteiger partial charge in [-0.25, -0.2) is 9.29 Å². The number of ether oxygens (including phenoxy) is 2. The van der Waals surface area contributed by atoms with Gasteiger partial charge < -0.3 is 14.8 Å². The smallest absolute Gasteiger partial charge is 0.263 e. The van der Waals surface area contributed by atoms with Crippen molar-refractivity contribution in [1.82, 2.24) is 5.01 Å². The Labute approximate surface area is 186 Å². The lowest BCUT2D eigenvalue weighted by Crippen LogP contribution is -2.43. The maximum Gasteiger partial charge on any atom is 0.263 e. The minimum absolute atomic E-state index is 0.114. The number of halogens is 2. The van der Waals surface area contributed by atoms with E-state index in [0.717, 1.165) is 16.0 Å². The lowest BCUT2D eigenvalue weighted by Gasteiger charge is -2.20. The molecule has 32 heavy (non-hydrogen) atoms. The number of nitrogens with one attached hydrogen (secondary N) is 1. The van der Waals surface area contributed by atoms with Gasteiger partial charge in [0.2, 0.25) is 5.91 Å². The standard InChI is InChI=1S/C20H17ClFN5O5/c1-31-11-4-6-14(15(8-11)32-2)23-16(28)9-26-18-17(24-25-26)19(29)27(20(18)30)10-3-5-13(22)12(21)7-10/h3-8,17-18H,9H2,1-2H3,(H,23,28)/t17-,18-/m1/s1. The second-order valence-corrected chi connectivity index (χ2v) is 7.32. The molecule has 0 bridgehead atoms. The van der Waals surface area contributed by atoms with Gasteiger partial charge in [0, 0.05) is 6.07 Å². The minimum atomic E-state index is -1.10. The molecule has 0 unspecified atom stereocenters. The highest BCUT2D eigenvalue weighted by molar-refractivity contribution is 6.32. The van der Waals surface area contributed by atoms with Crippen LogP contribution in [0.4, 0.5) is 15.8 Å². The monoisotopic (exact) mass is 461 g/mol. The minimum Gasteiger partial charge on any atom is -0.497 e. The van der Waals surface area contributed by atoms with E-state index in [9.17, 15) is 18.8 Å². The van der Waals surface area contributed by atoms with Gasteiger partial charge >= 0.3 is 0 Å². The molecule has 166 valence electrons. The summed E-state index contributed by atoms with van der Waals surface area (Å²) in [6.07, 6.45) is 0. The summed E-state index contributed by atoms with van der Waals surface area (Å²) in [6.45, 7) is -0.336. The first-order chi connectivity index (χ1) is 15.3. The van der Waals surface area contributed by atoms with E-state index in [2.05, 4.69) is 15.7 Å². The molecule has 10 nitrogen and oxygen atoms in total. The molecule has 0 radical (unpaired) electrons. The highest BCUT2D eigenvalue weighted by atomic mass is 35.5. The molecule has 2 aliphatic heterocycles. The molecular weight excluding hydrogens is 445 g/mol. The zero-order valence-corrected chi connectivity index (χ0v) is 17.7. The Balaban J connectivity index is 1.49. The third kappa shape index (κ3) is 3.71. The topological polar surface area (TPSA) is 113 Å². The van der Waals surface area contributed by atoms with Crippen molar-refractivity contribution in [2.45, 2.75) is 12.1 Å². The number of fused-ring (bicyclic) bond motifs is 1. The summed E-state index contributed by atoms with van der Waals surface area (Å²) < 4.78 is 23.8. The number of amides is 3. The van der Waals surface area contributed by atoms with Gasteiger partial charge in [-0.2, -0.15) is 5.11 Å². The van der Waals surface area contributed by atoms with Gasteiger partial charge in [-0.15, -0.1) is 0 Å². The molecule has 2 heterocycles. The average molecular weight is 462 g/mol. The van der Waals surface area contributed by atoms with Crippen molar-refractivity contribution in [2.75, 3.05) is 31.0 Å². The van der Waals surface area contributed by atoms with Gasteiger partial charge in [-0.1, -0.05) is 16.8 Å². The SMILES string of the molecule is COc1ccc(NC(=O)CN2N=N[C@H]3C(=O)N(c4ccc(F)c(Cl)c4)C(=O)[C@@H]32)c(OC)c1. The summed E-state index contributed by atoms with van der Waals surface area (Å²) >= 11 is 5.78. The summed E-state index contributed by atoms with van der Waals surface area (Å²) in [4.78, 5) is 39.1. The predicted octanol–water partition coefficient (Wildman–Crippen LogP) is 2.43. The Bertz CT molecular complexity index is 1140. The summed E-state index contributed by atoms with van der Waals surface area (Å²) in [6, 6.07) is 6.17. The van der Waals surface area contributed by atoms with Gasteiger partial charge in [0.1, 0.15) is 23.9 Å². The van der Waals surface area contributed by atoms with E-state index in [1.54, 1.807) is 18.2 Å². The van der Waals surface area contributed by atoms with Gasteiger partial charge in [0.25, 0.3) is 11.8 Å². The van der Waals surface area contributed by atoms with Crippen molar-refractivity contribution >= 4 is 40.7 Å². The van der Waals surface area contributed by atoms with Crippen molar-refractivity contribution in [3.63, 3.8) is 0 Å². The van der Waals surface area contributed by atoms with Gasteiger partial charge in [-0.05, 0) is 30.3 Å². The molecule has 2 atom stereocenters. The number of anilines is 2. The Morgan fingerprint density at radius 3 is 2.62 bits per heavy atom. The van der Waals surface area contributed by atoms with Crippen LogP contribution in [0.2, 0.25) is 5.02 Å². The number of rotatable bonds is 6. The fourth-order valence-corrected chi connectivity index (χ4v) is 3.65. The highest BCUT2D eigenvalue weighted by Gasteiger charge is 2.55. The van der Waals surface area contributed by atoms with E-state index in [0.29, 0.717) is 17.2 Å². The Morgan fingerprint density at radius 2 is 1.94 bits per heavy atom. The second kappa shape index (κ2) is 8.42. The normalized spacial score (nSPS) is 19.4. The highest BCUT2D eigenvalue weighted by Crippen LogP contribution is 2.34. The lowest BCUT2D eigenvalue weighted by atomic mass is 10.1. The number of carbonyl (C=O) groups excluding carboxylic acids is 3. The first-order valence-electron chi connectivity index (χ1n) is 9.36. The van der Waals surface area contributed by atoms with E-state index in [-0.39, 0.29) is 17.3 Å². The molecule has 1 saturated heterocycles. The maximum absolute atomic E-state index is 13.5. The molecule has 0 spiro atoms. The number of hydrogen-bond donors (Lipinski definition) is 1. The third-order valence-electron chi connectivity index (χ3n) is 5.01. The molecule has 2 aliphatic rings. The molecule has 2 aromatic rings. The number of hydrogen-bond acceptors (Lipinski definition) is 8. The van der Waals surface area contributed by atoms with Crippen molar-refractivity contribution in [3.05, 3.63) is 47.2 Å². The quantitative estimate of drug-likeness (QED) is 0.661. The summed E-state index contributed by atoms with van der Waals surface area (Å²) in [5.74, 6) is -1.52. The lowest BCUT2D eigenvalue weighted by molar-refractivity contribution is -0.123. The van der Waals surface area contributed by atoms with Crippen LogP contribution in [0, 0.1) is 5.82 Å². The van der Waals surface area contributed by atoms with Crippen LogP contribution >= 0.6 is 11.6 Å². The Morgan fingerprint density at radius 1 is 1.16 bits per heavy atom. The number of methoxy groups -OCH3 is 2. The number of benzene rings is 2. The van der Waals surface area contributed by atoms with Crippen molar-refractivity contribution in [3.8, 4) is 11.5 Å². The predicted molar refractivity (Wildman–Crippen MR) is 111 cm³/mol. The van der Waals surface area contributed by atoms with Crippen molar-refractivity contribution < 1.29 is 28.2 Å². The Kier molecular flexibility index (Phi) is 5.66. The van der Waals surface area contributed by atoms with Crippen LogP contribution in [0.1, 0.15) is 0 Å². The molecular formula is C20H17ClFN5O5. The molecule has 12 heteroatoms. The van der Waals surface area contributed by atoms with Gasteiger partial charge in [0.15, 0.2) is 12.1 Å². The first-order valence-corrected chi connectivity index (χ1v) is 9.74. The molecule has 3 amide bonds. The van der Waals surface area contributed by atoms with Crippen LogP contribution in [0.3, 0.4) is 0 Å². The van der Waals surface area contributed by atoms with Crippen LogP contribution in [0.5, 0.6) is 11.5 Å². The summed E-state index contributed by atoms with van der Waals surface area (Å²) in [5, 5.41) is 11.3. The first kappa shape index (κ1) is 21.5. The molecule has 0 aliphatic carbocycles. The molecule has 0 saturated carbocycles. The number of nitrogens with zero attached hydrogens (tertiary/aromatic N) is 4. The summed E-state index contributed by atoms with van der Waals surface area (Å²) in [5.41, 5.74) is 0.505. The number of imide groups is 1. The van der Waals surface area contributed by atoms with E-state index in [1.165, 1.54) is 26.4 Å². The van der Waals surface area contributed by atoms with Crippen molar-refractivity contribution in [1.29, 1.82) is 0 Å². The average Bonchev–Trinajstić information content (AvgIpc) is 3.29. The van der Waals surface area contributed by atoms with Crippen LogP contribution in [0.25, 0.3) is 0 Å². The fraction of sp³-hybridized carbons (Fsp3) is 0.250. The zero-order chi connectivity index (χ0) is 23.0. The van der Waals surface area contributed by atoms with Crippen LogP contribution in [-0.4, -0.2) is 55.6 Å². The Hall–Kier alpha value is -3.73. The zero-order valence-electron chi connectivity index (χ0n) is 16.9. The van der Waals surface area contributed by atoms with Crippen molar-refractivity contribution in [2.24, 2.45) is 10.3 Å². The fourth-order valence-electron chi connectivity index (χ4n) is 3.47. The van der Waals surface area contributed by atoms with E-state index >= 15 is 0 Å². The largest absolute Gasteiger partial charge is 0.497 e. The molecule has 2 aromatic carbocycles. The second-order valence-electron chi connectivity index (χ2n) is 6.92. The maximum atomic E-state index is 13.5. The van der Waals surface area contributed by atoms with E-state index in [1.807, 2.05) is 0 Å². The van der Waals surface area contributed by atoms with Crippen LogP contribution < -0.4 is 19.7 Å². The molecule has 1 N–H and O–H groups in total. The third-order valence-corrected chi connectivity index (χ3v) is 5.30. The number of carbonyl (C=O) groups is 3.